The average molecular weight is 389 g/mol. The predicted molar refractivity (Wildman–Crippen MR) is 101 cm³/mol. The molecule has 1 aliphatic rings. The minimum Gasteiger partial charge on any atom is -0.324 e. The number of hydrogen-bond acceptors (Lipinski definition) is 5. The van der Waals surface area contributed by atoms with Crippen LogP contribution in [0.3, 0.4) is 0 Å². The number of thioether (sulfide) groups is 1. The number of hydrogen-bond donors (Lipinski definition) is 2. The normalized spacial score (nSPS) is 19.8. The Balaban J connectivity index is 2.23. The summed E-state index contributed by atoms with van der Waals surface area (Å²) in [7, 11) is 0. The molecule has 0 bridgehead atoms. The lowest BCUT2D eigenvalue weighted by Crippen LogP contribution is -2.45. The van der Waals surface area contributed by atoms with Crippen LogP contribution < -0.4 is 10.6 Å². The molecule has 2 N–H and O–H groups in total. The first-order valence-electron chi connectivity index (χ1n) is 7.79. The molecule has 1 aliphatic heterocycles. The van der Waals surface area contributed by atoms with E-state index >= 15 is 0 Å². The van der Waals surface area contributed by atoms with E-state index in [4.69, 9.17) is 11.6 Å². The lowest BCUT2D eigenvalue weighted by atomic mass is 9.72. The van der Waals surface area contributed by atoms with Gasteiger partial charge >= 0.3 is 0 Å². The maximum Gasteiger partial charge on any atom is 0.243 e. The predicted octanol–water partition coefficient (Wildman–Crippen LogP) is 3.43. The largest absolute Gasteiger partial charge is 0.324 e. The summed E-state index contributed by atoms with van der Waals surface area (Å²) in [5, 5.41) is 24.2. The molecule has 6 nitrogen and oxygen atoms in total. The Hall–Kier alpha value is -2.48. The zero-order valence-corrected chi connectivity index (χ0v) is 16.0. The number of nitriles is 2. The van der Waals surface area contributed by atoms with Crippen LogP contribution in [0.25, 0.3) is 0 Å². The maximum absolute atomic E-state index is 12.4. The summed E-state index contributed by atoms with van der Waals surface area (Å²) in [6.45, 7) is 5.01. The van der Waals surface area contributed by atoms with Gasteiger partial charge in [0.1, 0.15) is 5.92 Å². The van der Waals surface area contributed by atoms with Gasteiger partial charge in [-0.15, -0.1) is 0 Å². The molecule has 8 heteroatoms. The van der Waals surface area contributed by atoms with E-state index in [0.717, 1.165) is 11.8 Å². The Bertz CT molecular complexity index is 867. The number of allylic oxidation sites excluding steroid dienone is 1. The van der Waals surface area contributed by atoms with Crippen LogP contribution in [-0.2, 0) is 9.59 Å². The Morgan fingerprint density at radius 3 is 2.62 bits per heavy atom. The molecule has 0 spiro atoms. The Kier molecular flexibility index (Phi) is 5.97. The molecule has 1 aromatic rings. The number of anilines is 1. The fourth-order valence-electron chi connectivity index (χ4n) is 2.54. The number of halogens is 1. The zero-order chi connectivity index (χ0) is 19.5. The minimum atomic E-state index is -0.964. The third-order valence-electron chi connectivity index (χ3n) is 4.13. The van der Waals surface area contributed by atoms with E-state index < -0.39 is 22.5 Å². The topological polar surface area (TPSA) is 106 Å². The van der Waals surface area contributed by atoms with Gasteiger partial charge in [-0.3, -0.25) is 9.59 Å². The molecule has 2 atom stereocenters. The molecule has 0 saturated carbocycles. The van der Waals surface area contributed by atoms with Gasteiger partial charge in [-0.25, -0.2) is 0 Å². The Morgan fingerprint density at radius 2 is 2.04 bits per heavy atom. The summed E-state index contributed by atoms with van der Waals surface area (Å²) >= 11 is 7.10. The molecule has 1 aromatic carbocycles. The molecule has 2 rings (SSSR count). The van der Waals surface area contributed by atoms with Crippen molar-refractivity contribution in [1.29, 1.82) is 10.5 Å². The summed E-state index contributed by atoms with van der Waals surface area (Å²) in [5.41, 5.74) is -0.169. The van der Waals surface area contributed by atoms with E-state index in [2.05, 4.69) is 16.7 Å². The third-order valence-corrected chi connectivity index (χ3v) is 5.57. The van der Waals surface area contributed by atoms with Crippen LogP contribution in [0.4, 0.5) is 5.69 Å². The molecule has 0 radical (unpaired) electrons. The minimum absolute atomic E-state index is 0.283. The van der Waals surface area contributed by atoms with Crippen molar-refractivity contribution in [1.82, 2.24) is 5.32 Å². The van der Waals surface area contributed by atoms with Crippen LogP contribution in [0.1, 0.15) is 20.8 Å². The van der Waals surface area contributed by atoms with Gasteiger partial charge in [-0.1, -0.05) is 49.3 Å². The maximum atomic E-state index is 12.4. The first-order valence-corrected chi connectivity index (χ1v) is 9.05. The molecular formula is C18H17ClN4O2S. The number of amides is 2. The molecule has 0 fully saturated rings. The van der Waals surface area contributed by atoms with Crippen molar-refractivity contribution in [2.75, 3.05) is 5.32 Å². The van der Waals surface area contributed by atoms with Gasteiger partial charge in [0.15, 0.2) is 0 Å². The highest BCUT2D eigenvalue weighted by Gasteiger charge is 2.45. The number of para-hydroxylation sites is 1. The summed E-state index contributed by atoms with van der Waals surface area (Å²) in [6, 6.07) is 10.9. The fourth-order valence-corrected chi connectivity index (χ4v) is 3.83. The standard InChI is InChI=1S/C18H17ClN4O2S/c1-10(15(24)22-14-7-5-4-6-13(14)19)26-17-12(9-21)18(2,3)11(8-20)16(25)23-17/h4-7,10-11H,1-3H3,(H,22,24)(H,23,25). The van der Waals surface area contributed by atoms with Crippen LogP contribution in [0.5, 0.6) is 0 Å². The second kappa shape index (κ2) is 7.82. The first-order chi connectivity index (χ1) is 12.2. The van der Waals surface area contributed by atoms with E-state index in [1.165, 1.54) is 0 Å². The second-order valence-corrected chi connectivity index (χ2v) is 8.08. The number of carbonyl (C=O) groups is 2. The molecule has 0 aromatic heterocycles. The highest BCUT2D eigenvalue weighted by Crippen LogP contribution is 2.42. The van der Waals surface area contributed by atoms with Crippen molar-refractivity contribution < 1.29 is 9.59 Å². The molecular weight excluding hydrogens is 372 g/mol. The van der Waals surface area contributed by atoms with E-state index in [0.29, 0.717) is 15.7 Å². The summed E-state index contributed by atoms with van der Waals surface area (Å²) in [4.78, 5) is 24.6. The molecule has 0 aliphatic carbocycles. The highest BCUT2D eigenvalue weighted by molar-refractivity contribution is 8.04. The SMILES string of the molecule is CC(SC1=C(C#N)C(C)(C)C(C#N)C(=O)N1)C(=O)Nc1ccccc1Cl. The van der Waals surface area contributed by atoms with Crippen molar-refractivity contribution in [3.05, 3.63) is 39.9 Å². The molecule has 2 unspecified atom stereocenters. The molecule has 134 valence electrons. The molecule has 0 saturated heterocycles. The van der Waals surface area contributed by atoms with Crippen molar-refractivity contribution in [2.45, 2.75) is 26.0 Å². The zero-order valence-electron chi connectivity index (χ0n) is 14.5. The van der Waals surface area contributed by atoms with Crippen molar-refractivity contribution in [3.8, 4) is 12.1 Å². The lowest BCUT2D eigenvalue weighted by Gasteiger charge is -2.35. The van der Waals surface area contributed by atoms with Gasteiger partial charge in [0, 0.05) is 5.41 Å². The summed E-state index contributed by atoms with van der Waals surface area (Å²) < 4.78 is 0. The highest BCUT2D eigenvalue weighted by atomic mass is 35.5. The van der Waals surface area contributed by atoms with Crippen LogP contribution in [-0.4, -0.2) is 17.1 Å². The average Bonchev–Trinajstić information content (AvgIpc) is 2.56. The van der Waals surface area contributed by atoms with Crippen molar-refractivity contribution >= 4 is 40.9 Å². The van der Waals surface area contributed by atoms with Gasteiger partial charge in [0.2, 0.25) is 11.8 Å². The number of rotatable bonds is 4. The van der Waals surface area contributed by atoms with Gasteiger partial charge in [0.05, 0.1) is 38.7 Å². The van der Waals surface area contributed by atoms with Crippen LogP contribution in [0.2, 0.25) is 5.02 Å². The van der Waals surface area contributed by atoms with Gasteiger partial charge in [-0.2, -0.15) is 10.5 Å². The smallest absolute Gasteiger partial charge is 0.243 e. The fraction of sp³-hybridized carbons (Fsp3) is 0.333. The third kappa shape index (κ3) is 3.85. The van der Waals surface area contributed by atoms with Crippen molar-refractivity contribution in [3.63, 3.8) is 0 Å². The summed E-state index contributed by atoms with van der Waals surface area (Å²) in [6.07, 6.45) is 0. The second-order valence-electron chi connectivity index (χ2n) is 6.32. The number of benzene rings is 1. The van der Waals surface area contributed by atoms with Gasteiger partial charge in [0.25, 0.3) is 0 Å². The Morgan fingerprint density at radius 1 is 1.38 bits per heavy atom. The van der Waals surface area contributed by atoms with E-state index in [1.807, 2.05) is 6.07 Å². The van der Waals surface area contributed by atoms with Crippen molar-refractivity contribution in [2.24, 2.45) is 11.3 Å². The molecule has 1 heterocycles. The van der Waals surface area contributed by atoms with E-state index in [1.54, 1.807) is 45.0 Å². The number of nitrogens with one attached hydrogen (secondary N) is 2. The molecule has 2 amide bonds. The summed E-state index contributed by atoms with van der Waals surface area (Å²) in [5.74, 6) is -1.76. The molecule has 26 heavy (non-hydrogen) atoms. The lowest BCUT2D eigenvalue weighted by molar-refractivity contribution is -0.125. The Labute approximate surface area is 161 Å². The van der Waals surface area contributed by atoms with Gasteiger partial charge in [-0.05, 0) is 19.1 Å². The van der Waals surface area contributed by atoms with E-state index in [-0.39, 0.29) is 11.5 Å². The monoisotopic (exact) mass is 388 g/mol. The van der Waals surface area contributed by atoms with E-state index in [9.17, 15) is 20.1 Å². The van der Waals surface area contributed by atoms with Gasteiger partial charge < -0.3 is 10.6 Å². The quantitative estimate of drug-likeness (QED) is 0.821. The first kappa shape index (κ1) is 19.8. The van der Waals surface area contributed by atoms with Crippen LogP contribution in [0.15, 0.2) is 34.9 Å². The number of carbonyl (C=O) groups excluding carboxylic acids is 2. The van der Waals surface area contributed by atoms with Crippen LogP contribution in [0, 0.1) is 34.0 Å². The van der Waals surface area contributed by atoms with Crippen LogP contribution >= 0.6 is 23.4 Å². The number of nitrogens with zero attached hydrogens (tertiary/aromatic N) is 2.